The molecule has 3 aromatic rings. The number of ether oxygens (including phenoxy) is 2. The zero-order valence-corrected chi connectivity index (χ0v) is 20.1. The number of carbonyl (C=O) groups is 1. The van der Waals surface area contributed by atoms with E-state index < -0.39 is 5.97 Å². The highest BCUT2D eigenvalue weighted by molar-refractivity contribution is 9.10. The normalized spacial score (nSPS) is 12.4. The van der Waals surface area contributed by atoms with E-state index in [1.807, 2.05) is 32.0 Å². The van der Waals surface area contributed by atoms with Crippen LogP contribution in [0.2, 0.25) is 0 Å². The van der Waals surface area contributed by atoms with E-state index in [1.54, 1.807) is 44.3 Å². The summed E-state index contributed by atoms with van der Waals surface area (Å²) < 4.78 is 12.7. The molecule has 0 spiro atoms. The average molecular weight is 500 g/mol. The fourth-order valence-electron chi connectivity index (χ4n) is 3.03. The molecule has 1 atom stereocenters. The van der Waals surface area contributed by atoms with Gasteiger partial charge in [-0.2, -0.15) is 9.78 Å². The molecule has 0 saturated carbocycles. The van der Waals surface area contributed by atoms with Gasteiger partial charge in [-0.25, -0.2) is 9.78 Å². The second-order valence-electron chi connectivity index (χ2n) is 7.70. The first-order chi connectivity index (χ1) is 15.3. The quantitative estimate of drug-likeness (QED) is 0.325. The molecule has 32 heavy (non-hydrogen) atoms. The summed E-state index contributed by atoms with van der Waals surface area (Å²) in [5.74, 6) is 0.726. The van der Waals surface area contributed by atoms with Crippen molar-refractivity contribution in [2.75, 3.05) is 6.61 Å². The molecule has 1 aromatic heterocycles. The van der Waals surface area contributed by atoms with Gasteiger partial charge < -0.3 is 9.47 Å². The maximum atomic E-state index is 13.2. The van der Waals surface area contributed by atoms with Crippen LogP contribution in [0, 0.1) is 0 Å². The molecule has 2 aromatic carbocycles. The lowest BCUT2D eigenvalue weighted by atomic mass is 10.1. The van der Waals surface area contributed by atoms with E-state index >= 15 is 0 Å². The van der Waals surface area contributed by atoms with Crippen LogP contribution in [0.4, 0.5) is 0 Å². The SMILES string of the molecule is CC[C@H](C)c1nc2ccc(Br)cc2c(=O)n1N=Cc1cccc(OCC(=O)OC(C)C)c1. The molecule has 3 rings (SSSR count). The highest BCUT2D eigenvalue weighted by Crippen LogP contribution is 2.21. The van der Waals surface area contributed by atoms with Crippen molar-refractivity contribution in [3.05, 3.63) is 68.7 Å². The zero-order valence-electron chi connectivity index (χ0n) is 18.5. The van der Waals surface area contributed by atoms with Crippen molar-refractivity contribution in [3.63, 3.8) is 0 Å². The Morgan fingerprint density at radius 2 is 2.00 bits per heavy atom. The minimum Gasteiger partial charge on any atom is -0.482 e. The summed E-state index contributed by atoms with van der Waals surface area (Å²) in [5.41, 5.74) is 1.13. The fraction of sp³-hybridized carbons (Fsp3) is 0.333. The second kappa shape index (κ2) is 10.5. The number of aromatic nitrogens is 2. The van der Waals surface area contributed by atoms with Crippen molar-refractivity contribution in [2.24, 2.45) is 5.10 Å². The lowest BCUT2D eigenvalue weighted by molar-refractivity contribution is -0.149. The summed E-state index contributed by atoms with van der Waals surface area (Å²) in [6.07, 6.45) is 2.21. The molecule has 0 aliphatic rings. The number of hydrogen-bond donors (Lipinski definition) is 0. The Hall–Kier alpha value is -3.00. The fourth-order valence-corrected chi connectivity index (χ4v) is 3.39. The third-order valence-electron chi connectivity index (χ3n) is 4.79. The number of fused-ring (bicyclic) bond motifs is 1. The number of esters is 1. The standard InChI is InChI=1S/C24H26BrN3O4/c1-5-16(4)23-27-21-10-9-18(25)12-20(21)24(30)28(23)26-13-17-7-6-8-19(11-17)31-14-22(29)32-15(2)3/h6-13,15-16H,5,14H2,1-4H3/t16-/m0/s1. The Labute approximate surface area is 195 Å². The molecule has 168 valence electrons. The lowest BCUT2D eigenvalue weighted by Gasteiger charge is -2.14. The Morgan fingerprint density at radius 1 is 1.22 bits per heavy atom. The molecule has 0 radical (unpaired) electrons. The molecule has 7 nitrogen and oxygen atoms in total. The Bertz CT molecular complexity index is 1200. The van der Waals surface area contributed by atoms with Gasteiger partial charge in [0.05, 0.1) is 23.2 Å². The van der Waals surface area contributed by atoms with Crippen LogP contribution in [-0.4, -0.2) is 34.6 Å². The largest absolute Gasteiger partial charge is 0.482 e. The molecule has 8 heteroatoms. The van der Waals surface area contributed by atoms with E-state index in [1.165, 1.54) is 4.68 Å². The number of carbonyl (C=O) groups excluding carboxylic acids is 1. The first-order valence-corrected chi connectivity index (χ1v) is 11.3. The summed E-state index contributed by atoms with van der Waals surface area (Å²) in [4.78, 5) is 29.6. The molecule has 0 saturated heterocycles. The first-order valence-electron chi connectivity index (χ1n) is 10.5. The van der Waals surface area contributed by atoms with E-state index in [0.717, 1.165) is 16.5 Å². The highest BCUT2D eigenvalue weighted by atomic mass is 79.9. The van der Waals surface area contributed by atoms with Gasteiger partial charge >= 0.3 is 5.97 Å². The molecule has 0 fully saturated rings. The summed E-state index contributed by atoms with van der Waals surface area (Å²) in [6, 6.07) is 12.6. The highest BCUT2D eigenvalue weighted by Gasteiger charge is 2.15. The zero-order chi connectivity index (χ0) is 23.3. The van der Waals surface area contributed by atoms with Crippen LogP contribution < -0.4 is 10.3 Å². The van der Waals surface area contributed by atoms with Gasteiger partial charge in [-0.1, -0.05) is 41.9 Å². The van der Waals surface area contributed by atoms with Crippen molar-refractivity contribution in [1.82, 2.24) is 9.66 Å². The molecule has 1 heterocycles. The van der Waals surface area contributed by atoms with Gasteiger partial charge in [0.15, 0.2) is 6.61 Å². The van der Waals surface area contributed by atoms with Crippen LogP contribution in [0.15, 0.2) is 56.8 Å². The predicted molar refractivity (Wildman–Crippen MR) is 129 cm³/mol. The van der Waals surface area contributed by atoms with Gasteiger partial charge in [0.25, 0.3) is 5.56 Å². The van der Waals surface area contributed by atoms with E-state index in [4.69, 9.17) is 14.5 Å². The number of nitrogens with zero attached hydrogens (tertiary/aromatic N) is 3. The van der Waals surface area contributed by atoms with Gasteiger partial charge in [0, 0.05) is 10.4 Å². The van der Waals surface area contributed by atoms with Crippen molar-refractivity contribution < 1.29 is 14.3 Å². The van der Waals surface area contributed by atoms with Crippen molar-refractivity contribution in [3.8, 4) is 5.75 Å². The van der Waals surface area contributed by atoms with Gasteiger partial charge in [0.2, 0.25) is 0 Å². The van der Waals surface area contributed by atoms with E-state index in [9.17, 15) is 9.59 Å². The van der Waals surface area contributed by atoms with Crippen LogP contribution >= 0.6 is 15.9 Å². The Kier molecular flexibility index (Phi) is 7.80. The Morgan fingerprint density at radius 3 is 2.72 bits per heavy atom. The molecular weight excluding hydrogens is 474 g/mol. The van der Waals surface area contributed by atoms with Crippen molar-refractivity contribution in [2.45, 2.75) is 46.1 Å². The third kappa shape index (κ3) is 5.82. The molecule has 0 N–H and O–H groups in total. The van der Waals surface area contributed by atoms with E-state index in [0.29, 0.717) is 22.5 Å². The van der Waals surface area contributed by atoms with Crippen molar-refractivity contribution in [1.29, 1.82) is 0 Å². The minimum atomic E-state index is -0.433. The third-order valence-corrected chi connectivity index (χ3v) is 5.28. The first kappa shape index (κ1) is 23.7. The summed E-state index contributed by atoms with van der Waals surface area (Å²) in [6.45, 7) is 7.45. The van der Waals surface area contributed by atoms with Gasteiger partial charge in [-0.05, 0) is 56.2 Å². The maximum Gasteiger partial charge on any atom is 0.344 e. The van der Waals surface area contributed by atoms with E-state index in [2.05, 4.69) is 21.0 Å². The van der Waals surface area contributed by atoms with Crippen LogP contribution in [-0.2, 0) is 9.53 Å². The van der Waals surface area contributed by atoms with Gasteiger partial charge in [-0.3, -0.25) is 4.79 Å². The number of benzene rings is 2. The van der Waals surface area contributed by atoms with Gasteiger partial charge in [0.1, 0.15) is 11.6 Å². The maximum absolute atomic E-state index is 13.2. The molecule has 0 amide bonds. The van der Waals surface area contributed by atoms with E-state index in [-0.39, 0.29) is 24.2 Å². The topological polar surface area (TPSA) is 82.8 Å². The second-order valence-corrected chi connectivity index (χ2v) is 8.62. The molecule has 0 aliphatic carbocycles. The smallest absolute Gasteiger partial charge is 0.344 e. The molecule has 0 bridgehead atoms. The van der Waals surface area contributed by atoms with Crippen molar-refractivity contribution >= 4 is 39.0 Å². The van der Waals surface area contributed by atoms with Crippen LogP contribution in [0.3, 0.4) is 0 Å². The monoisotopic (exact) mass is 499 g/mol. The Balaban J connectivity index is 1.92. The summed E-state index contributed by atoms with van der Waals surface area (Å²) in [5, 5.41) is 4.94. The lowest BCUT2D eigenvalue weighted by Crippen LogP contribution is -2.23. The number of rotatable bonds is 8. The number of halogens is 1. The molecule has 0 unspecified atom stereocenters. The van der Waals surface area contributed by atoms with Crippen LogP contribution in [0.5, 0.6) is 5.75 Å². The summed E-state index contributed by atoms with van der Waals surface area (Å²) in [7, 11) is 0. The molecule has 0 aliphatic heterocycles. The number of hydrogen-bond acceptors (Lipinski definition) is 6. The van der Waals surface area contributed by atoms with Gasteiger partial charge in [-0.15, -0.1) is 0 Å². The van der Waals surface area contributed by atoms with Crippen LogP contribution in [0.25, 0.3) is 10.9 Å². The minimum absolute atomic E-state index is 0.0505. The molecular formula is C24H26BrN3O4. The van der Waals surface area contributed by atoms with Crippen LogP contribution in [0.1, 0.15) is 51.4 Å². The predicted octanol–water partition coefficient (Wildman–Crippen LogP) is 4.89. The average Bonchev–Trinajstić information content (AvgIpc) is 2.76. The summed E-state index contributed by atoms with van der Waals surface area (Å²) >= 11 is 3.41.